The summed E-state index contributed by atoms with van der Waals surface area (Å²) in [6.07, 6.45) is 11.7. The molecule has 2 atom stereocenters. The molecule has 2 aliphatic carbocycles. The summed E-state index contributed by atoms with van der Waals surface area (Å²) in [4.78, 5) is 14.2. The fourth-order valence-electron chi connectivity index (χ4n) is 5.45. The number of carbonyl (C=O) groups is 1. The maximum Gasteiger partial charge on any atom is 0.309 e. The Morgan fingerprint density at radius 2 is 1.75 bits per heavy atom. The molecule has 0 bridgehead atoms. The Balaban J connectivity index is 1.24. The van der Waals surface area contributed by atoms with E-state index in [0.717, 1.165) is 64.3 Å². The van der Waals surface area contributed by atoms with Gasteiger partial charge in [-0.15, -0.1) is 0 Å². The molecule has 1 saturated heterocycles. The zero-order valence-electron chi connectivity index (χ0n) is 17.8. The number of hydrogen-bond acceptors (Lipinski definition) is 4. The van der Waals surface area contributed by atoms with E-state index < -0.39 is 6.17 Å². The largest absolute Gasteiger partial charge is 0.466 e. The van der Waals surface area contributed by atoms with Crippen LogP contribution >= 0.6 is 0 Å². The summed E-state index contributed by atoms with van der Waals surface area (Å²) in [7, 11) is 0. The molecule has 4 nitrogen and oxygen atoms in total. The number of piperidine rings is 1. The summed E-state index contributed by atoms with van der Waals surface area (Å²) >= 11 is 0. The maximum atomic E-state index is 13.6. The van der Waals surface area contributed by atoms with Gasteiger partial charge in [-0.2, -0.15) is 0 Å². The zero-order valence-corrected chi connectivity index (χ0v) is 17.8. The van der Waals surface area contributed by atoms with E-state index in [-0.39, 0.29) is 11.9 Å². The van der Waals surface area contributed by atoms with E-state index in [1.165, 1.54) is 38.5 Å². The lowest BCUT2D eigenvalue weighted by Crippen LogP contribution is -2.39. The summed E-state index contributed by atoms with van der Waals surface area (Å²) in [6.45, 7) is 6.05. The van der Waals surface area contributed by atoms with Crippen LogP contribution in [0.15, 0.2) is 0 Å². The first-order valence-electron chi connectivity index (χ1n) is 11.8. The molecular formula is C23H40FNO3. The van der Waals surface area contributed by atoms with E-state index in [1.54, 1.807) is 0 Å². The molecular weight excluding hydrogens is 357 g/mol. The first kappa shape index (κ1) is 22.0. The highest BCUT2D eigenvalue weighted by Gasteiger charge is 2.28. The number of alkyl halides is 1. The molecule has 0 aromatic heterocycles. The lowest BCUT2D eigenvalue weighted by atomic mass is 9.76. The predicted molar refractivity (Wildman–Crippen MR) is 109 cm³/mol. The number of rotatable bonds is 8. The van der Waals surface area contributed by atoms with Gasteiger partial charge in [0.05, 0.1) is 25.2 Å². The molecule has 3 rings (SSSR count). The first-order chi connectivity index (χ1) is 13.6. The quantitative estimate of drug-likeness (QED) is 0.554. The lowest BCUT2D eigenvalue weighted by molar-refractivity contribution is -0.149. The number of ether oxygens (including phenoxy) is 2. The Bertz CT molecular complexity index is 459. The van der Waals surface area contributed by atoms with E-state index in [0.29, 0.717) is 18.6 Å². The van der Waals surface area contributed by atoms with Crippen molar-refractivity contribution in [2.45, 2.75) is 89.8 Å². The van der Waals surface area contributed by atoms with Crippen LogP contribution in [0, 0.1) is 17.8 Å². The van der Waals surface area contributed by atoms with Gasteiger partial charge in [0.15, 0.2) is 0 Å². The molecule has 28 heavy (non-hydrogen) atoms. The van der Waals surface area contributed by atoms with Crippen molar-refractivity contribution in [3.05, 3.63) is 0 Å². The number of nitrogens with zero attached hydrogens (tertiary/aromatic N) is 1. The van der Waals surface area contributed by atoms with Crippen LogP contribution in [-0.2, 0) is 14.3 Å². The summed E-state index contributed by atoms with van der Waals surface area (Å²) in [5.41, 5.74) is 0. The van der Waals surface area contributed by atoms with Gasteiger partial charge in [-0.05, 0) is 89.6 Å². The lowest BCUT2D eigenvalue weighted by Gasteiger charge is -2.34. The summed E-state index contributed by atoms with van der Waals surface area (Å²) < 4.78 is 24.9. The minimum Gasteiger partial charge on any atom is -0.466 e. The van der Waals surface area contributed by atoms with Gasteiger partial charge in [0.1, 0.15) is 6.17 Å². The average molecular weight is 398 g/mol. The van der Waals surface area contributed by atoms with Crippen molar-refractivity contribution < 1.29 is 18.7 Å². The van der Waals surface area contributed by atoms with E-state index in [1.807, 2.05) is 6.92 Å². The summed E-state index contributed by atoms with van der Waals surface area (Å²) in [5, 5.41) is 0. The van der Waals surface area contributed by atoms with Crippen LogP contribution in [0.25, 0.3) is 0 Å². The predicted octanol–water partition coefficient (Wildman–Crippen LogP) is 4.76. The third kappa shape index (κ3) is 6.98. The Morgan fingerprint density at radius 3 is 2.43 bits per heavy atom. The highest BCUT2D eigenvalue weighted by Crippen LogP contribution is 2.36. The smallest absolute Gasteiger partial charge is 0.309 e. The van der Waals surface area contributed by atoms with Crippen molar-refractivity contribution in [3.63, 3.8) is 0 Å². The van der Waals surface area contributed by atoms with E-state index in [4.69, 9.17) is 9.47 Å². The standard InChI is InChI=1S/C23H40FNO3/c1-2-27-23(26)20-10-12-25(13-11-20)14-15-28-22-8-6-18(7-9-22)16-19-4-3-5-21(24)17-19/h18-22H,2-17H2,1H3. The monoisotopic (exact) mass is 397 g/mol. The van der Waals surface area contributed by atoms with Gasteiger partial charge in [-0.3, -0.25) is 4.79 Å². The van der Waals surface area contributed by atoms with Gasteiger partial charge < -0.3 is 14.4 Å². The van der Waals surface area contributed by atoms with Crippen molar-refractivity contribution in [2.75, 3.05) is 32.8 Å². The van der Waals surface area contributed by atoms with Gasteiger partial charge in [0.2, 0.25) is 0 Å². The van der Waals surface area contributed by atoms with Crippen molar-refractivity contribution in [1.29, 1.82) is 0 Å². The van der Waals surface area contributed by atoms with Crippen LogP contribution in [0.1, 0.15) is 77.6 Å². The molecule has 162 valence electrons. The number of hydrogen-bond donors (Lipinski definition) is 0. The van der Waals surface area contributed by atoms with Gasteiger partial charge >= 0.3 is 5.97 Å². The van der Waals surface area contributed by atoms with E-state index in [2.05, 4.69) is 4.90 Å². The third-order valence-corrected chi connectivity index (χ3v) is 7.15. The third-order valence-electron chi connectivity index (χ3n) is 7.15. The molecule has 0 aromatic rings. The first-order valence-corrected chi connectivity index (χ1v) is 11.8. The molecule has 2 unspecified atom stereocenters. The molecule has 3 fully saturated rings. The molecule has 0 N–H and O–H groups in total. The van der Waals surface area contributed by atoms with Gasteiger partial charge in [-0.1, -0.05) is 12.8 Å². The molecule has 0 radical (unpaired) electrons. The summed E-state index contributed by atoms with van der Waals surface area (Å²) in [5.74, 6) is 1.48. The van der Waals surface area contributed by atoms with Gasteiger partial charge in [0, 0.05) is 6.54 Å². The molecule has 1 heterocycles. The Kier molecular flexibility index (Phi) is 9.04. The van der Waals surface area contributed by atoms with Crippen LogP contribution in [0.4, 0.5) is 4.39 Å². The minimum atomic E-state index is -0.541. The second-order valence-electron chi connectivity index (χ2n) is 9.25. The van der Waals surface area contributed by atoms with Crippen molar-refractivity contribution in [3.8, 4) is 0 Å². The highest BCUT2D eigenvalue weighted by atomic mass is 19.1. The fourth-order valence-corrected chi connectivity index (χ4v) is 5.45. The van der Waals surface area contributed by atoms with E-state index in [9.17, 15) is 9.18 Å². The van der Waals surface area contributed by atoms with Crippen molar-refractivity contribution in [1.82, 2.24) is 4.90 Å². The molecule has 0 amide bonds. The molecule has 5 heteroatoms. The number of likely N-dealkylation sites (tertiary alicyclic amines) is 1. The second-order valence-corrected chi connectivity index (χ2v) is 9.25. The Morgan fingerprint density at radius 1 is 1.00 bits per heavy atom. The molecule has 0 aromatic carbocycles. The number of esters is 1. The van der Waals surface area contributed by atoms with Crippen LogP contribution in [0.2, 0.25) is 0 Å². The Labute approximate surface area is 170 Å². The van der Waals surface area contributed by atoms with Crippen LogP contribution in [0.5, 0.6) is 0 Å². The van der Waals surface area contributed by atoms with Gasteiger partial charge in [0.25, 0.3) is 0 Å². The average Bonchev–Trinajstić information content (AvgIpc) is 2.70. The normalized spacial score (nSPS) is 32.9. The van der Waals surface area contributed by atoms with Crippen LogP contribution < -0.4 is 0 Å². The van der Waals surface area contributed by atoms with Crippen LogP contribution in [0.3, 0.4) is 0 Å². The minimum absolute atomic E-state index is 0.0228. The molecule has 1 aliphatic heterocycles. The second kappa shape index (κ2) is 11.5. The molecule has 2 saturated carbocycles. The zero-order chi connectivity index (χ0) is 19.8. The maximum absolute atomic E-state index is 13.6. The fraction of sp³-hybridized carbons (Fsp3) is 0.957. The molecule has 3 aliphatic rings. The number of carbonyl (C=O) groups excluding carboxylic acids is 1. The SMILES string of the molecule is CCOC(=O)C1CCN(CCOC2CCC(CC3CCCC(F)C3)CC2)CC1. The summed E-state index contributed by atoms with van der Waals surface area (Å²) in [6, 6.07) is 0. The highest BCUT2D eigenvalue weighted by molar-refractivity contribution is 5.72. The van der Waals surface area contributed by atoms with Crippen molar-refractivity contribution >= 4 is 5.97 Å². The topological polar surface area (TPSA) is 38.8 Å². The van der Waals surface area contributed by atoms with Crippen molar-refractivity contribution in [2.24, 2.45) is 17.8 Å². The molecule has 0 spiro atoms. The van der Waals surface area contributed by atoms with Crippen LogP contribution in [-0.4, -0.2) is 56.0 Å². The number of halogens is 1. The Hall–Kier alpha value is -0.680. The van der Waals surface area contributed by atoms with E-state index >= 15 is 0 Å². The van der Waals surface area contributed by atoms with Gasteiger partial charge in [-0.25, -0.2) is 4.39 Å².